The molecule has 0 radical (unpaired) electrons. The summed E-state index contributed by atoms with van der Waals surface area (Å²) in [6, 6.07) is 24.7. The van der Waals surface area contributed by atoms with E-state index >= 15 is 0 Å². The molecule has 3 nitrogen and oxygen atoms in total. The van der Waals surface area contributed by atoms with Gasteiger partial charge in [0.1, 0.15) is 0 Å². The number of carbonyl (C=O) groups is 2. The van der Waals surface area contributed by atoms with Crippen LogP contribution in [0.5, 0.6) is 0 Å². The number of rotatable bonds is 6. The van der Waals surface area contributed by atoms with Crippen molar-refractivity contribution in [3.05, 3.63) is 89.4 Å². The van der Waals surface area contributed by atoms with Gasteiger partial charge in [0.25, 0.3) is 0 Å². The minimum Gasteiger partial charge on any atom is -0.481 e. The first-order chi connectivity index (χ1) is 14.5. The fourth-order valence-electron chi connectivity index (χ4n) is 4.08. The molecule has 0 amide bonds. The van der Waals surface area contributed by atoms with Gasteiger partial charge in [0, 0.05) is 26.6 Å². The van der Waals surface area contributed by atoms with E-state index in [1.807, 2.05) is 66.7 Å². The van der Waals surface area contributed by atoms with E-state index in [1.54, 1.807) is 23.9 Å². The van der Waals surface area contributed by atoms with Crippen LogP contribution >= 0.6 is 23.4 Å². The molecule has 0 bridgehead atoms. The maximum atomic E-state index is 13.2. The number of aliphatic carboxylic acids is 1. The van der Waals surface area contributed by atoms with Crippen LogP contribution in [0.3, 0.4) is 0 Å². The zero-order valence-electron chi connectivity index (χ0n) is 16.2. The van der Waals surface area contributed by atoms with Gasteiger partial charge in [0.05, 0.1) is 5.92 Å². The van der Waals surface area contributed by atoms with Crippen molar-refractivity contribution in [2.75, 3.05) is 0 Å². The topological polar surface area (TPSA) is 54.4 Å². The molecule has 1 saturated carbocycles. The van der Waals surface area contributed by atoms with Crippen molar-refractivity contribution in [3.63, 3.8) is 0 Å². The summed E-state index contributed by atoms with van der Waals surface area (Å²) >= 11 is 7.51. The fraction of sp³-hybridized carbons (Fsp3) is 0.200. The summed E-state index contributed by atoms with van der Waals surface area (Å²) in [5.74, 6) is -2.15. The summed E-state index contributed by atoms with van der Waals surface area (Å²) < 4.78 is 0. The molecule has 0 heterocycles. The van der Waals surface area contributed by atoms with Crippen LogP contribution in [0.1, 0.15) is 23.2 Å². The number of carboxylic acids is 1. The SMILES string of the molecule is O=C(O)[C@@H]1[C@@H](Sc2ccccc2)CC[C@H]1C(=O)c1ccc(-c2ccc(Cl)cc2)cc1. The Morgan fingerprint density at radius 1 is 0.833 bits per heavy atom. The highest BCUT2D eigenvalue weighted by molar-refractivity contribution is 8.00. The first-order valence-corrected chi connectivity index (χ1v) is 11.1. The van der Waals surface area contributed by atoms with Gasteiger partial charge in [-0.05, 0) is 48.2 Å². The molecule has 0 spiro atoms. The van der Waals surface area contributed by atoms with E-state index in [9.17, 15) is 14.7 Å². The fourth-order valence-corrected chi connectivity index (χ4v) is 5.57. The predicted octanol–water partition coefficient (Wildman–Crippen LogP) is 6.46. The molecule has 1 aliphatic rings. The third kappa shape index (κ3) is 4.45. The van der Waals surface area contributed by atoms with Gasteiger partial charge < -0.3 is 5.11 Å². The molecule has 0 aromatic heterocycles. The third-order valence-corrected chi connectivity index (χ3v) is 7.22. The van der Waals surface area contributed by atoms with Gasteiger partial charge in [-0.1, -0.05) is 66.2 Å². The van der Waals surface area contributed by atoms with Crippen molar-refractivity contribution >= 4 is 35.1 Å². The molecule has 1 N–H and O–H groups in total. The molecular weight excluding hydrogens is 416 g/mol. The molecule has 1 aliphatic carbocycles. The Morgan fingerprint density at radius 2 is 1.43 bits per heavy atom. The molecule has 152 valence electrons. The number of carbonyl (C=O) groups excluding carboxylic acids is 1. The second-order valence-electron chi connectivity index (χ2n) is 7.47. The van der Waals surface area contributed by atoms with Gasteiger partial charge in [0.2, 0.25) is 0 Å². The average molecular weight is 437 g/mol. The zero-order chi connectivity index (χ0) is 21.1. The van der Waals surface area contributed by atoms with Crippen LogP contribution in [-0.2, 0) is 4.79 Å². The van der Waals surface area contributed by atoms with Crippen molar-refractivity contribution in [2.24, 2.45) is 11.8 Å². The minimum absolute atomic E-state index is 0.0822. The van der Waals surface area contributed by atoms with Gasteiger partial charge in [-0.3, -0.25) is 9.59 Å². The second kappa shape index (κ2) is 9.07. The molecular formula is C25H21ClO3S. The van der Waals surface area contributed by atoms with Crippen LogP contribution in [-0.4, -0.2) is 22.1 Å². The molecule has 3 atom stereocenters. The number of ketones is 1. The number of hydrogen-bond acceptors (Lipinski definition) is 3. The molecule has 1 fully saturated rings. The van der Waals surface area contributed by atoms with Crippen LogP contribution < -0.4 is 0 Å². The van der Waals surface area contributed by atoms with Gasteiger partial charge in [0.15, 0.2) is 5.78 Å². The van der Waals surface area contributed by atoms with E-state index < -0.39 is 17.8 Å². The molecule has 0 unspecified atom stereocenters. The summed E-state index contributed by atoms with van der Waals surface area (Å²) in [6.07, 6.45) is 1.31. The first-order valence-electron chi connectivity index (χ1n) is 9.87. The van der Waals surface area contributed by atoms with Crippen LogP contribution in [0, 0.1) is 11.8 Å². The zero-order valence-corrected chi connectivity index (χ0v) is 17.8. The maximum Gasteiger partial charge on any atom is 0.308 e. The minimum atomic E-state index is -0.892. The number of hydrogen-bond donors (Lipinski definition) is 1. The Labute approximate surface area is 185 Å². The molecule has 0 saturated heterocycles. The lowest BCUT2D eigenvalue weighted by molar-refractivity contribution is -0.142. The van der Waals surface area contributed by atoms with Crippen molar-refractivity contribution in [1.29, 1.82) is 0 Å². The summed E-state index contributed by atoms with van der Waals surface area (Å²) in [6.45, 7) is 0. The molecule has 5 heteroatoms. The Kier molecular flexibility index (Phi) is 6.26. The van der Waals surface area contributed by atoms with Gasteiger partial charge >= 0.3 is 5.97 Å². The Morgan fingerprint density at radius 3 is 2.03 bits per heavy atom. The largest absolute Gasteiger partial charge is 0.481 e. The third-order valence-electron chi connectivity index (χ3n) is 5.60. The quantitative estimate of drug-likeness (QED) is 0.450. The molecule has 3 aromatic carbocycles. The Hall–Kier alpha value is -2.56. The highest BCUT2D eigenvalue weighted by Gasteiger charge is 2.45. The van der Waals surface area contributed by atoms with E-state index in [0.29, 0.717) is 17.0 Å². The lowest BCUT2D eigenvalue weighted by atomic mass is 9.88. The summed E-state index contributed by atoms with van der Waals surface area (Å²) in [5, 5.41) is 10.4. The van der Waals surface area contributed by atoms with Crippen LogP contribution in [0.2, 0.25) is 5.02 Å². The Balaban J connectivity index is 1.51. The van der Waals surface area contributed by atoms with Gasteiger partial charge in [-0.2, -0.15) is 0 Å². The smallest absolute Gasteiger partial charge is 0.308 e. The average Bonchev–Trinajstić information content (AvgIpc) is 3.18. The van der Waals surface area contributed by atoms with E-state index in [0.717, 1.165) is 22.4 Å². The second-order valence-corrected chi connectivity index (χ2v) is 9.21. The highest BCUT2D eigenvalue weighted by atomic mass is 35.5. The number of halogens is 1. The molecule has 30 heavy (non-hydrogen) atoms. The van der Waals surface area contributed by atoms with Crippen LogP contribution in [0.25, 0.3) is 11.1 Å². The van der Waals surface area contributed by atoms with Crippen molar-refractivity contribution in [3.8, 4) is 11.1 Å². The molecule has 0 aliphatic heterocycles. The summed E-state index contributed by atoms with van der Waals surface area (Å²) in [4.78, 5) is 26.2. The lowest BCUT2D eigenvalue weighted by Crippen LogP contribution is -2.30. The normalized spacial score (nSPS) is 20.8. The maximum absolute atomic E-state index is 13.2. The summed E-state index contributed by atoms with van der Waals surface area (Å²) in [5.41, 5.74) is 2.57. The van der Waals surface area contributed by atoms with E-state index in [4.69, 9.17) is 11.6 Å². The van der Waals surface area contributed by atoms with E-state index in [1.165, 1.54) is 0 Å². The number of thioether (sulfide) groups is 1. The molecule has 4 rings (SSSR count). The van der Waals surface area contributed by atoms with E-state index in [2.05, 4.69) is 0 Å². The van der Waals surface area contributed by atoms with E-state index in [-0.39, 0.29) is 11.0 Å². The monoisotopic (exact) mass is 436 g/mol. The number of Topliss-reactive ketones (excluding diaryl/α,β-unsaturated/α-hetero) is 1. The predicted molar refractivity (Wildman–Crippen MR) is 121 cm³/mol. The standard InChI is InChI=1S/C25H21ClO3S/c26-19-12-10-17(11-13-19)16-6-8-18(9-7-16)24(27)21-14-15-22(23(21)25(28)29)30-20-4-2-1-3-5-20/h1-13,21-23H,14-15H2,(H,28,29)/t21-,22+,23+/m1/s1. The van der Waals surface area contributed by atoms with Gasteiger partial charge in [-0.15, -0.1) is 11.8 Å². The van der Waals surface area contributed by atoms with Crippen LogP contribution in [0.15, 0.2) is 83.8 Å². The van der Waals surface area contributed by atoms with Crippen molar-refractivity contribution in [2.45, 2.75) is 23.0 Å². The number of carboxylic acid groups (broad SMARTS) is 1. The lowest BCUT2D eigenvalue weighted by Gasteiger charge is -2.20. The van der Waals surface area contributed by atoms with Gasteiger partial charge in [-0.25, -0.2) is 0 Å². The van der Waals surface area contributed by atoms with Crippen molar-refractivity contribution < 1.29 is 14.7 Å². The summed E-state index contributed by atoms with van der Waals surface area (Å²) in [7, 11) is 0. The van der Waals surface area contributed by atoms with Crippen LogP contribution in [0.4, 0.5) is 0 Å². The number of benzene rings is 3. The molecule has 3 aromatic rings. The Bertz CT molecular complexity index is 1030. The highest BCUT2D eigenvalue weighted by Crippen LogP contribution is 2.44. The van der Waals surface area contributed by atoms with Crippen molar-refractivity contribution in [1.82, 2.24) is 0 Å². The first kappa shape index (κ1) is 20.7.